The number of aliphatic hydroxyl groups excluding tert-OH is 1. The first-order chi connectivity index (χ1) is 45.5. The number of nitrogens with zero attached hydrogens (tertiary/aromatic N) is 3. The van der Waals surface area contributed by atoms with Crippen molar-refractivity contribution >= 4 is 58.8 Å². The third-order valence-electron chi connectivity index (χ3n) is 15.0. The SMILES string of the molecule is CCCOc1cc2c(cc1OC)C(=O)N1C=C(C)C[C@H]1[C@H](O)N2C(=O)OCc1ccc(NC(=O)[C@H](C)NC(=O)[C@@H](NC(=O)CCOCCOCCOCCOCCOCCOCCOCCOCCNC(=O)CCN2C(=O)CC(C3=C/C=C\C=C/C=C\3)C2=O)C(C)C)cc1. The van der Waals surface area contributed by atoms with Crippen molar-refractivity contribution in [1.82, 2.24) is 25.8 Å². The van der Waals surface area contributed by atoms with Crippen molar-refractivity contribution in [3.8, 4) is 11.5 Å². The first kappa shape index (κ1) is 75.2. The number of rotatable bonds is 43. The number of amides is 8. The molecule has 94 heavy (non-hydrogen) atoms. The lowest BCUT2D eigenvalue weighted by Gasteiger charge is -2.31. The number of likely N-dealkylation sites (tertiary alicyclic amines) is 1. The van der Waals surface area contributed by atoms with Gasteiger partial charge in [-0.05, 0) is 61.9 Å². The van der Waals surface area contributed by atoms with E-state index in [0.717, 1.165) is 16.0 Å². The molecule has 3 heterocycles. The molecule has 0 radical (unpaired) electrons. The van der Waals surface area contributed by atoms with Gasteiger partial charge in [-0.1, -0.05) is 81.0 Å². The molecule has 3 aliphatic heterocycles. The zero-order chi connectivity index (χ0) is 67.6. The number of hydrogen-bond acceptors (Lipinski definition) is 20. The van der Waals surface area contributed by atoms with E-state index in [1.165, 1.54) is 36.0 Å². The lowest BCUT2D eigenvalue weighted by atomic mass is 9.95. The van der Waals surface area contributed by atoms with E-state index in [-0.39, 0.29) is 87.1 Å². The van der Waals surface area contributed by atoms with E-state index in [9.17, 15) is 43.5 Å². The van der Waals surface area contributed by atoms with Crippen molar-refractivity contribution in [3.63, 3.8) is 0 Å². The maximum Gasteiger partial charge on any atom is 0.416 e. The molecule has 5 N–H and O–H groups in total. The number of aliphatic hydroxyl groups is 1. The van der Waals surface area contributed by atoms with Crippen LogP contribution in [0.25, 0.3) is 0 Å². The van der Waals surface area contributed by atoms with Gasteiger partial charge in [-0.25, -0.2) is 9.69 Å². The highest BCUT2D eigenvalue weighted by Gasteiger charge is 2.45. The van der Waals surface area contributed by atoms with Gasteiger partial charge in [-0.15, -0.1) is 0 Å². The van der Waals surface area contributed by atoms with Gasteiger partial charge in [0.25, 0.3) is 5.91 Å². The monoisotopic (exact) mass is 1320 g/mol. The lowest BCUT2D eigenvalue weighted by molar-refractivity contribution is -0.139. The van der Waals surface area contributed by atoms with E-state index in [4.69, 9.17) is 52.1 Å². The molecule has 6 rings (SSSR count). The summed E-state index contributed by atoms with van der Waals surface area (Å²) >= 11 is 0. The first-order valence-electron chi connectivity index (χ1n) is 31.9. The number of carbonyl (C=O) groups is 8. The Hall–Kier alpha value is -7.86. The lowest BCUT2D eigenvalue weighted by Crippen LogP contribution is -2.53. The molecular weight excluding hydrogens is 1220 g/mol. The van der Waals surface area contributed by atoms with Crippen molar-refractivity contribution in [3.05, 3.63) is 107 Å². The topological polar surface area (TPSA) is 316 Å². The second-order valence-electron chi connectivity index (χ2n) is 22.6. The summed E-state index contributed by atoms with van der Waals surface area (Å²) in [6.45, 7) is 14.8. The van der Waals surface area contributed by atoms with Crippen LogP contribution in [0, 0.1) is 11.8 Å². The van der Waals surface area contributed by atoms with Crippen LogP contribution in [0.1, 0.15) is 82.6 Å². The summed E-state index contributed by atoms with van der Waals surface area (Å²) < 4.78 is 61.3. The minimum Gasteiger partial charge on any atom is -0.493 e. The molecule has 8 amide bonds. The fourth-order valence-corrected chi connectivity index (χ4v) is 10.00. The summed E-state index contributed by atoms with van der Waals surface area (Å²) in [5.74, 6) is -2.96. The van der Waals surface area contributed by atoms with Gasteiger partial charge in [0.15, 0.2) is 17.7 Å². The Labute approximate surface area is 549 Å². The van der Waals surface area contributed by atoms with Crippen LogP contribution in [0.15, 0.2) is 96.3 Å². The average Bonchev–Trinajstić information content (AvgIpc) is 1.58. The Balaban J connectivity index is 0.710. The molecule has 516 valence electrons. The predicted octanol–water partition coefficient (Wildman–Crippen LogP) is 4.67. The van der Waals surface area contributed by atoms with Crippen LogP contribution in [0.2, 0.25) is 0 Å². The van der Waals surface area contributed by atoms with Crippen molar-refractivity contribution in [1.29, 1.82) is 0 Å². The normalized spacial score (nSPS) is 19.0. The van der Waals surface area contributed by atoms with Crippen molar-refractivity contribution < 1.29 is 95.6 Å². The number of anilines is 2. The van der Waals surface area contributed by atoms with E-state index in [2.05, 4.69) is 21.3 Å². The van der Waals surface area contributed by atoms with Crippen LogP contribution in [0.3, 0.4) is 0 Å². The van der Waals surface area contributed by atoms with Gasteiger partial charge < -0.3 is 83.4 Å². The predicted molar refractivity (Wildman–Crippen MR) is 344 cm³/mol. The molecular formula is C67H93N7O20. The fourth-order valence-electron chi connectivity index (χ4n) is 10.00. The highest BCUT2D eigenvalue weighted by atomic mass is 16.6. The Morgan fingerprint density at radius 1 is 0.660 bits per heavy atom. The van der Waals surface area contributed by atoms with Gasteiger partial charge in [0.2, 0.25) is 35.4 Å². The fraction of sp³-hybridized carbons (Fsp3) is 0.552. The zero-order valence-electron chi connectivity index (χ0n) is 54.8. The Morgan fingerprint density at radius 2 is 1.24 bits per heavy atom. The summed E-state index contributed by atoms with van der Waals surface area (Å²) in [5.41, 5.74) is 2.81. The maximum atomic E-state index is 13.9. The van der Waals surface area contributed by atoms with Crippen molar-refractivity contribution in [2.75, 3.05) is 143 Å². The Bertz CT molecular complexity index is 2970. The molecule has 5 atom stereocenters. The van der Waals surface area contributed by atoms with E-state index < -0.39 is 60.0 Å². The molecule has 0 spiro atoms. The van der Waals surface area contributed by atoms with Gasteiger partial charge in [-0.3, -0.25) is 38.5 Å². The third kappa shape index (κ3) is 24.5. The van der Waals surface area contributed by atoms with Gasteiger partial charge in [-0.2, -0.15) is 0 Å². The van der Waals surface area contributed by atoms with Crippen molar-refractivity contribution in [2.24, 2.45) is 11.8 Å². The Kier molecular flexibility index (Phi) is 32.8. The first-order valence-corrected chi connectivity index (χ1v) is 31.9. The van der Waals surface area contributed by atoms with Gasteiger partial charge in [0.1, 0.15) is 18.7 Å². The average molecular weight is 1320 g/mol. The minimum atomic E-state index is -1.46. The number of imide groups is 1. The molecule has 2 aromatic carbocycles. The summed E-state index contributed by atoms with van der Waals surface area (Å²) in [7, 11) is 1.45. The summed E-state index contributed by atoms with van der Waals surface area (Å²) in [5, 5.41) is 22.6. The van der Waals surface area contributed by atoms with E-state index in [0.29, 0.717) is 135 Å². The molecule has 27 heteroatoms. The standard InChI is InChI=1S/C67H93N7O20/c1-7-23-93-57-43-54-53(41-56(57)84-6)65(81)73-44-47(4)40-55(73)66(82)74(54)67(83)94-45-49-15-17-51(18-16-49)70-62(78)48(5)69-63(79)61(46(2)3)71-59(76)20-24-85-26-28-87-30-32-89-34-36-91-38-39-92-37-35-90-33-31-88-29-27-86-25-21-68-58(75)19-22-72-60(77)42-52(64(72)80)50-13-11-9-8-10-12-14-50/h8-18,41,43-44,46,48,52,55,61,66,82H,7,19-40,42,45H2,1-6H3,(H,68,75)(H,69,79)(H,70,78)(H,71,76)/b9-8-,10-8?,11-9?,12-10-,13-11-,14-12?,50-13?,50-14+/t48-,52?,55-,61-,66-/m0/s1. The van der Waals surface area contributed by atoms with E-state index in [1.807, 2.05) is 56.4 Å². The van der Waals surface area contributed by atoms with Crippen LogP contribution < -0.4 is 35.6 Å². The minimum absolute atomic E-state index is 0.00144. The smallest absolute Gasteiger partial charge is 0.416 e. The second-order valence-corrected chi connectivity index (χ2v) is 22.6. The highest BCUT2D eigenvalue weighted by molar-refractivity contribution is 6.07. The summed E-state index contributed by atoms with van der Waals surface area (Å²) in [6.07, 6.45) is 13.3. The second kappa shape index (κ2) is 41.1. The van der Waals surface area contributed by atoms with E-state index in [1.54, 1.807) is 44.3 Å². The van der Waals surface area contributed by atoms with Crippen LogP contribution in [0.4, 0.5) is 16.2 Å². The summed E-state index contributed by atoms with van der Waals surface area (Å²) in [4.78, 5) is 108. The number of carbonyl (C=O) groups excluding carboxylic acids is 8. The number of nitrogens with one attached hydrogen (secondary N) is 4. The van der Waals surface area contributed by atoms with Crippen LogP contribution in [-0.2, 0) is 78.0 Å². The molecule has 0 saturated carbocycles. The number of allylic oxidation sites excluding steroid dienone is 7. The Morgan fingerprint density at radius 3 is 1.84 bits per heavy atom. The number of benzene rings is 2. The number of methoxy groups -OCH3 is 1. The van der Waals surface area contributed by atoms with Gasteiger partial charge >= 0.3 is 6.09 Å². The molecule has 1 saturated heterocycles. The molecule has 2 aromatic rings. The molecule has 1 unspecified atom stereocenters. The number of fused-ring (bicyclic) bond motifs is 2. The third-order valence-corrected chi connectivity index (χ3v) is 15.0. The quantitative estimate of drug-likeness (QED) is 0.0445. The van der Waals surface area contributed by atoms with Crippen LogP contribution in [-0.4, -0.2) is 219 Å². The molecule has 1 fully saturated rings. The van der Waals surface area contributed by atoms with Gasteiger partial charge in [0, 0.05) is 50.3 Å². The van der Waals surface area contributed by atoms with Crippen molar-refractivity contribution in [2.45, 2.75) is 97.7 Å². The highest BCUT2D eigenvalue weighted by Crippen LogP contribution is 2.42. The molecule has 27 nitrogen and oxygen atoms in total. The molecule has 0 bridgehead atoms. The number of hydrogen-bond donors (Lipinski definition) is 5. The van der Waals surface area contributed by atoms with Gasteiger partial charge in [0.05, 0.1) is 143 Å². The largest absolute Gasteiger partial charge is 0.493 e. The van der Waals surface area contributed by atoms with Crippen LogP contribution in [0.5, 0.6) is 11.5 Å². The molecule has 0 aromatic heterocycles. The number of ether oxygens (including phenoxy) is 11. The zero-order valence-corrected chi connectivity index (χ0v) is 54.8. The van der Waals surface area contributed by atoms with E-state index >= 15 is 0 Å². The molecule has 4 aliphatic rings. The molecule has 1 aliphatic carbocycles. The maximum absolute atomic E-state index is 13.9. The summed E-state index contributed by atoms with van der Waals surface area (Å²) in [6, 6.07) is 6.84. The van der Waals surface area contributed by atoms with Crippen LogP contribution >= 0.6 is 0 Å².